The highest BCUT2D eigenvalue weighted by Gasteiger charge is 2.07. The summed E-state index contributed by atoms with van der Waals surface area (Å²) < 4.78 is 23.6. The van der Waals surface area contributed by atoms with Crippen molar-refractivity contribution in [2.75, 3.05) is 32.7 Å². The Balaban J connectivity index is 2.54. The predicted octanol–water partition coefficient (Wildman–Crippen LogP) is 1.36. The van der Waals surface area contributed by atoms with Gasteiger partial charge in [-0.2, -0.15) is 0 Å². The Kier molecular flexibility index (Phi) is 5.90. The third-order valence-corrected chi connectivity index (χ3v) is 2.49. The summed E-state index contributed by atoms with van der Waals surface area (Å²) in [5, 5.41) is 3.09. The van der Waals surface area contributed by atoms with E-state index in [0.29, 0.717) is 24.4 Å². The van der Waals surface area contributed by atoms with Gasteiger partial charge in [-0.25, -0.2) is 4.39 Å². The average Bonchev–Trinajstić information content (AvgIpc) is 2.34. The predicted molar refractivity (Wildman–Crippen MR) is 65.5 cm³/mol. The van der Waals surface area contributed by atoms with Gasteiger partial charge < -0.3 is 20.5 Å². The summed E-state index contributed by atoms with van der Waals surface area (Å²) in [6.07, 6.45) is -0.0581. The molecule has 1 atom stereocenters. The van der Waals surface area contributed by atoms with Crippen LogP contribution in [0.4, 0.5) is 10.1 Å². The maximum Gasteiger partial charge on any atom is 0.129 e. The molecule has 1 rings (SSSR count). The fourth-order valence-corrected chi connectivity index (χ4v) is 1.45. The minimum atomic E-state index is -0.293. The number of hydrogen-bond donors (Lipinski definition) is 2. The standard InChI is InChI=1S/C12H19FN2O2/c1-16-8-11(17-2)7-15-10-4-3-9(6-14)12(13)5-10/h3-5,11,15H,6-8,14H2,1-2H3. The zero-order valence-corrected chi connectivity index (χ0v) is 10.2. The van der Waals surface area contributed by atoms with Crippen molar-refractivity contribution in [3.8, 4) is 0 Å². The zero-order chi connectivity index (χ0) is 12.7. The summed E-state index contributed by atoms with van der Waals surface area (Å²) in [6, 6.07) is 4.91. The van der Waals surface area contributed by atoms with Crippen molar-refractivity contribution < 1.29 is 13.9 Å². The van der Waals surface area contributed by atoms with Crippen LogP contribution < -0.4 is 11.1 Å². The van der Waals surface area contributed by atoms with Gasteiger partial charge in [-0.05, 0) is 12.1 Å². The fraction of sp³-hybridized carbons (Fsp3) is 0.500. The van der Waals surface area contributed by atoms with Crippen molar-refractivity contribution in [1.29, 1.82) is 0 Å². The summed E-state index contributed by atoms with van der Waals surface area (Å²) in [4.78, 5) is 0. The van der Waals surface area contributed by atoms with Gasteiger partial charge in [0.25, 0.3) is 0 Å². The van der Waals surface area contributed by atoms with E-state index >= 15 is 0 Å². The Labute approximate surface area is 101 Å². The van der Waals surface area contributed by atoms with Gasteiger partial charge in [-0.15, -0.1) is 0 Å². The molecule has 0 aliphatic carbocycles. The molecule has 0 fully saturated rings. The van der Waals surface area contributed by atoms with Crippen molar-refractivity contribution in [3.63, 3.8) is 0 Å². The van der Waals surface area contributed by atoms with Gasteiger partial charge in [0.05, 0.1) is 12.7 Å². The number of nitrogens with two attached hydrogens (primary N) is 1. The highest BCUT2D eigenvalue weighted by Crippen LogP contribution is 2.14. The van der Waals surface area contributed by atoms with Crippen molar-refractivity contribution in [3.05, 3.63) is 29.6 Å². The van der Waals surface area contributed by atoms with E-state index in [1.54, 1.807) is 26.4 Å². The molecule has 1 aromatic carbocycles. The van der Waals surface area contributed by atoms with Crippen LogP contribution in [-0.2, 0) is 16.0 Å². The molecule has 1 aromatic rings. The minimum absolute atomic E-state index is 0.0581. The average molecular weight is 242 g/mol. The van der Waals surface area contributed by atoms with E-state index in [1.165, 1.54) is 6.07 Å². The number of benzene rings is 1. The lowest BCUT2D eigenvalue weighted by Gasteiger charge is -2.16. The van der Waals surface area contributed by atoms with Crippen molar-refractivity contribution >= 4 is 5.69 Å². The first-order chi connectivity index (χ1) is 8.21. The van der Waals surface area contributed by atoms with Gasteiger partial charge in [0.2, 0.25) is 0 Å². The second kappa shape index (κ2) is 7.21. The lowest BCUT2D eigenvalue weighted by atomic mass is 10.2. The molecule has 0 spiro atoms. The van der Waals surface area contributed by atoms with Crippen LogP contribution in [0.2, 0.25) is 0 Å². The van der Waals surface area contributed by atoms with Crippen LogP contribution in [0.3, 0.4) is 0 Å². The van der Waals surface area contributed by atoms with Crippen molar-refractivity contribution in [2.24, 2.45) is 5.73 Å². The van der Waals surface area contributed by atoms with E-state index < -0.39 is 0 Å². The maximum atomic E-state index is 13.4. The fourth-order valence-electron chi connectivity index (χ4n) is 1.45. The Morgan fingerprint density at radius 1 is 1.41 bits per heavy atom. The zero-order valence-electron chi connectivity index (χ0n) is 10.2. The minimum Gasteiger partial charge on any atom is -0.382 e. The van der Waals surface area contributed by atoms with E-state index in [1.807, 2.05) is 0 Å². The monoisotopic (exact) mass is 242 g/mol. The number of halogens is 1. The van der Waals surface area contributed by atoms with Crippen LogP contribution in [0, 0.1) is 5.82 Å². The lowest BCUT2D eigenvalue weighted by molar-refractivity contribution is 0.0365. The molecule has 5 heteroatoms. The van der Waals surface area contributed by atoms with Gasteiger partial charge in [-0.3, -0.25) is 0 Å². The summed E-state index contributed by atoms with van der Waals surface area (Å²) in [5.41, 5.74) is 6.60. The molecule has 0 aromatic heterocycles. The topological polar surface area (TPSA) is 56.5 Å². The van der Waals surface area contributed by atoms with Crippen LogP contribution >= 0.6 is 0 Å². The van der Waals surface area contributed by atoms with Gasteiger partial charge in [0, 0.05) is 38.6 Å². The summed E-state index contributed by atoms with van der Waals surface area (Å²) in [7, 11) is 3.23. The van der Waals surface area contributed by atoms with Crippen LogP contribution in [0.25, 0.3) is 0 Å². The second-order valence-electron chi connectivity index (χ2n) is 3.70. The molecule has 0 amide bonds. The smallest absolute Gasteiger partial charge is 0.129 e. The van der Waals surface area contributed by atoms with E-state index in [-0.39, 0.29) is 18.5 Å². The van der Waals surface area contributed by atoms with Gasteiger partial charge in [-0.1, -0.05) is 6.07 Å². The second-order valence-corrected chi connectivity index (χ2v) is 3.70. The first kappa shape index (κ1) is 13.9. The van der Waals surface area contributed by atoms with Crippen LogP contribution in [0.1, 0.15) is 5.56 Å². The summed E-state index contributed by atoms with van der Waals surface area (Å²) >= 11 is 0. The third kappa shape index (κ3) is 4.30. The van der Waals surface area contributed by atoms with Gasteiger partial charge >= 0.3 is 0 Å². The normalized spacial score (nSPS) is 12.5. The largest absolute Gasteiger partial charge is 0.382 e. The van der Waals surface area contributed by atoms with E-state index in [9.17, 15) is 4.39 Å². The number of rotatable bonds is 7. The third-order valence-electron chi connectivity index (χ3n) is 2.49. The molecule has 4 nitrogen and oxygen atoms in total. The molecule has 0 radical (unpaired) electrons. The van der Waals surface area contributed by atoms with E-state index in [2.05, 4.69) is 5.32 Å². The lowest BCUT2D eigenvalue weighted by Crippen LogP contribution is -2.26. The number of anilines is 1. The van der Waals surface area contributed by atoms with Crippen LogP contribution in [-0.4, -0.2) is 33.5 Å². The molecular weight excluding hydrogens is 223 g/mol. The first-order valence-electron chi connectivity index (χ1n) is 5.45. The Bertz CT molecular complexity index is 347. The quantitative estimate of drug-likeness (QED) is 0.758. The van der Waals surface area contributed by atoms with Crippen LogP contribution in [0.5, 0.6) is 0 Å². The molecule has 3 N–H and O–H groups in total. The first-order valence-corrected chi connectivity index (χ1v) is 5.45. The number of nitrogens with one attached hydrogen (secondary N) is 1. The van der Waals surface area contributed by atoms with Crippen molar-refractivity contribution in [1.82, 2.24) is 0 Å². The Morgan fingerprint density at radius 2 is 2.18 bits per heavy atom. The highest BCUT2D eigenvalue weighted by atomic mass is 19.1. The Morgan fingerprint density at radius 3 is 2.71 bits per heavy atom. The van der Waals surface area contributed by atoms with Gasteiger partial charge in [0.15, 0.2) is 0 Å². The number of ether oxygens (including phenoxy) is 2. The maximum absolute atomic E-state index is 13.4. The molecule has 17 heavy (non-hydrogen) atoms. The van der Waals surface area contributed by atoms with E-state index in [4.69, 9.17) is 15.2 Å². The molecule has 0 saturated heterocycles. The molecule has 0 heterocycles. The SMILES string of the molecule is COCC(CNc1ccc(CN)c(F)c1)OC. The Hall–Kier alpha value is -1.17. The number of hydrogen-bond acceptors (Lipinski definition) is 4. The molecule has 0 aliphatic rings. The molecule has 0 aliphatic heterocycles. The molecule has 96 valence electrons. The van der Waals surface area contributed by atoms with E-state index in [0.717, 1.165) is 0 Å². The van der Waals surface area contributed by atoms with Crippen LogP contribution in [0.15, 0.2) is 18.2 Å². The van der Waals surface area contributed by atoms with Crippen molar-refractivity contribution in [2.45, 2.75) is 12.6 Å². The highest BCUT2D eigenvalue weighted by molar-refractivity contribution is 5.45. The molecular formula is C12H19FN2O2. The molecule has 0 saturated carbocycles. The summed E-state index contributed by atoms with van der Waals surface area (Å²) in [5.74, 6) is -0.293. The molecule has 1 unspecified atom stereocenters. The number of methoxy groups -OCH3 is 2. The van der Waals surface area contributed by atoms with Gasteiger partial charge in [0.1, 0.15) is 5.82 Å². The molecule has 0 bridgehead atoms. The summed E-state index contributed by atoms with van der Waals surface area (Å²) in [6.45, 7) is 1.26.